The van der Waals surface area contributed by atoms with E-state index in [9.17, 15) is 0 Å². The van der Waals surface area contributed by atoms with E-state index in [4.69, 9.17) is 19.4 Å². The minimum atomic E-state index is -0.546. The van der Waals surface area contributed by atoms with Gasteiger partial charge in [0.15, 0.2) is 17.5 Å². The summed E-state index contributed by atoms with van der Waals surface area (Å²) in [5.41, 5.74) is 11.4. The lowest BCUT2D eigenvalue weighted by Crippen LogP contribution is -2.28. The van der Waals surface area contributed by atoms with Crippen molar-refractivity contribution in [2.45, 2.75) is 5.41 Å². The molecule has 4 nitrogen and oxygen atoms in total. The van der Waals surface area contributed by atoms with E-state index in [0.717, 1.165) is 38.6 Å². The topological polar surface area (TPSA) is 51.8 Å². The zero-order chi connectivity index (χ0) is 35.6. The quantitative estimate of drug-likeness (QED) is 0.180. The molecule has 0 amide bonds. The number of aromatic nitrogens is 3. The molecule has 54 heavy (non-hydrogen) atoms. The van der Waals surface area contributed by atoms with Crippen LogP contribution in [0.15, 0.2) is 192 Å². The fourth-order valence-electron chi connectivity index (χ4n) is 8.53. The number of benzene rings is 8. The third kappa shape index (κ3) is 4.60. The molecule has 0 radical (unpaired) electrons. The summed E-state index contributed by atoms with van der Waals surface area (Å²) in [5, 5.41) is 4.51. The highest BCUT2D eigenvalue weighted by atomic mass is 16.3. The Balaban J connectivity index is 1.15. The van der Waals surface area contributed by atoms with Gasteiger partial charge in [0.05, 0.1) is 5.41 Å². The van der Waals surface area contributed by atoms with Gasteiger partial charge >= 0.3 is 0 Å². The molecule has 252 valence electrons. The summed E-state index contributed by atoms with van der Waals surface area (Å²) in [7, 11) is 0. The van der Waals surface area contributed by atoms with Crippen LogP contribution in [0.5, 0.6) is 0 Å². The molecular weight excluding hydrogens is 659 g/mol. The maximum atomic E-state index is 6.53. The largest absolute Gasteiger partial charge is 0.456 e. The van der Waals surface area contributed by atoms with E-state index in [1.165, 1.54) is 44.2 Å². The molecule has 0 saturated heterocycles. The number of hydrogen-bond donors (Lipinski definition) is 0. The zero-order valence-corrected chi connectivity index (χ0v) is 29.1. The standard InChI is InChI=1S/C50H31N3O/c1-3-14-33(15-4-1)47-51-48(34-16-5-2-6-17-34)53-49(52-47)36-24-27-45-41(30-36)42-31-38(26-28-46(42)54-45)50(37-25-23-32-13-7-8-18-35(32)29-37)43-21-11-9-19-39(43)40-20-10-12-22-44(40)50/h1-31H. The van der Waals surface area contributed by atoms with E-state index >= 15 is 0 Å². The third-order valence-corrected chi connectivity index (χ3v) is 11.0. The summed E-state index contributed by atoms with van der Waals surface area (Å²) in [6, 6.07) is 66.5. The van der Waals surface area contributed by atoms with Gasteiger partial charge in [0, 0.05) is 27.5 Å². The van der Waals surface area contributed by atoms with Crippen molar-refractivity contribution in [1.82, 2.24) is 15.0 Å². The van der Waals surface area contributed by atoms with Gasteiger partial charge < -0.3 is 4.42 Å². The van der Waals surface area contributed by atoms with Gasteiger partial charge in [-0.05, 0) is 80.6 Å². The summed E-state index contributed by atoms with van der Waals surface area (Å²) < 4.78 is 6.53. The van der Waals surface area contributed by atoms with Crippen molar-refractivity contribution in [2.75, 3.05) is 0 Å². The predicted octanol–water partition coefficient (Wildman–Crippen LogP) is 12.3. The van der Waals surface area contributed by atoms with Gasteiger partial charge in [0.1, 0.15) is 11.2 Å². The van der Waals surface area contributed by atoms with Gasteiger partial charge in [-0.1, -0.05) is 152 Å². The zero-order valence-electron chi connectivity index (χ0n) is 29.1. The van der Waals surface area contributed by atoms with Crippen molar-refractivity contribution in [1.29, 1.82) is 0 Å². The Morgan fingerprint density at radius 2 is 0.833 bits per heavy atom. The molecule has 2 heterocycles. The Morgan fingerprint density at radius 3 is 1.48 bits per heavy atom. The van der Waals surface area contributed by atoms with Crippen LogP contribution in [0.4, 0.5) is 0 Å². The molecule has 0 bridgehead atoms. The Bertz CT molecular complexity index is 2950. The average Bonchev–Trinajstić information content (AvgIpc) is 3.77. The SMILES string of the molecule is c1ccc(-c2nc(-c3ccccc3)nc(-c3ccc4oc5ccc(C6(c7ccc8ccccc8c7)c7ccccc7-c7ccccc76)cc5c4c3)n2)cc1. The van der Waals surface area contributed by atoms with Crippen LogP contribution in [0.1, 0.15) is 22.3 Å². The Hall–Kier alpha value is -7.17. The summed E-state index contributed by atoms with van der Waals surface area (Å²) in [6.45, 7) is 0. The molecular formula is C50H31N3O. The van der Waals surface area contributed by atoms with Crippen LogP contribution in [0.25, 0.3) is 78.0 Å². The van der Waals surface area contributed by atoms with Crippen molar-refractivity contribution in [3.05, 3.63) is 210 Å². The third-order valence-electron chi connectivity index (χ3n) is 11.0. The first kappa shape index (κ1) is 30.5. The van der Waals surface area contributed by atoms with E-state index in [1.807, 2.05) is 72.8 Å². The number of fused-ring (bicyclic) bond motifs is 7. The highest BCUT2D eigenvalue weighted by Crippen LogP contribution is 2.56. The van der Waals surface area contributed by atoms with Crippen LogP contribution >= 0.6 is 0 Å². The summed E-state index contributed by atoms with van der Waals surface area (Å²) in [5.74, 6) is 1.88. The van der Waals surface area contributed by atoms with Gasteiger partial charge in [0.2, 0.25) is 0 Å². The van der Waals surface area contributed by atoms with Gasteiger partial charge in [-0.25, -0.2) is 15.0 Å². The molecule has 1 aliphatic rings. The first-order chi connectivity index (χ1) is 26.7. The molecule has 0 unspecified atom stereocenters. The van der Waals surface area contributed by atoms with Gasteiger partial charge in [-0.2, -0.15) is 0 Å². The number of furan rings is 1. The minimum absolute atomic E-state index is 0.546. The lowest BCUT2D eigenvalue weighted by molar-refractivity contribution is 0.668. The Morgan fingerprint density at radius 1 is 0.352 bits per heavy atom. The fourth-order valence-corrected chi connectivity index (χ4v) is 8.53. The van der Waals surface area contributed by atoms with E-state index in [1.54, 1.807) is 0 Å². The molecule has 0 N–H and O–H groups in total. The molecule has 0 spiro atoms. The molecule has 0 fully saturated rings. The van der Waals surface area contributed by atoms with Gasteiger partial charge in [-0.15, -0.1) is 0 Å². The van der Waals surface area contributed by atoms with E-state index < -0.39 is 5.41 Å². The maximum Gasteiger partial charge on any atom is 0.164 e. The maximum absolute atomic E-state index is 6.53. The molecule has 2 aromatic heterocycles. The number of rotatable bonds is 5. The first-order valence-corrected chi connectivity index (χ1v) is 18.3. The van der Waals surface area contributed by atoms with Crippen LogP contribution in [-0.4, -0.2) is 15.0 Å². The number of hydrogen-bond acceptors (Lipinski definition) is 4. The van der Waals surface area contributed by atoms with Gasteiger partial charge in [0.25, 0.3) is 0 Å². The Labute approximate surface area is 312 Å². The van der Waals surface area contributed by atoms with E-state index in [0.29, 0.717) is 17.5 Å². The molecule has 0 saturated carbocycles. The smallest absolute Gasteiger partial charge is 0.164 e. The summed E-state index contributed by atoms with van der Waals surface area (Å²) in [6.07, 6.45) is 0. The van der Waals surface area contributed by atoms with Crippen LogP contribution in [0.2, 0.25) is 0 Å². The lowest BCUT2D eigenvalue weighted by Gasteiger charge is -2.34. The van der Waals surface area contributed by atoms with Crippen LogP contribution in [0, 0.1) is 0 Å². The summed E-state index contributed by atoms with van der Waals surface area (Å²) >= 11 is 0. The van der Waals surface area contributed by atoms with E-state index in [2.05, 4.69) is 115 Å². The molecule has 0 aliphatic heterocycles. The second kappa shape index (κ2) is 11.9. The van der Waals surface area contributed by atoms with Crippen LogP contribution in [-0.2, 0) is 5.41 Å². The van der Waals surface area contributed by atoms with Crippen molar-refractivity contribution in [3.63, 3.8) is 0 Å². The van der Waals surface area contributed by atoms with Crippen molar-refractivity contribution in [2.24, 2.45) is 0 Å². The van der Waals surface area contributed by atoms with Crippen molar-refractivity contribution in [3.8, 4) is 45.3 Å². The van der Waals surface area contributed by atoms with E-state index in [-0.39, 0.29) is 0 Å². The second-order valence-electron chi connectivity index (χ2n) is 14.0. The average molecular weight is 690 g/mol. The molecule has 0 atom stereocenters. The second-order valence-corrected chi connectivity index (χ2v) is 14.0. The highest BCUT2D eigenvalue weighted by molar-refractivity contribution is 6.07. The highest BCUT2D eigenvalue weighted by Gasteiger charge is 2.46. The monoisotopic (exact) mass is 689 g/mol. The molecule has 11 rings (SSSR count). The molecule has 4 heteroatoms. The molecule has 1 aliphatic carbocycles. The molecule has 10 aromatic rings. The van der Waals surface area contributed by atoms with Crippen LogP contribution in [0.3, 0.4) is 0 Å². The van der Waals surface area contributed by atoms with Gasteiger partial charge in [-0.3, -0.25) is 0 Å². The van der Waals surface area contributed by atoms with Crippen LogP contribution < -0.4 is 0 Å². The number of nitrogens with zero attached hydrogens (tertiary/aromatic N) is 3. The molecule has 8 aromatic carbocycles. The summed E-state index contributed by atoms with van der Waals surface area (Å²) in [4.78, 5) is 15.0. The predicted molar refractivity (Wildman–Crippen MR) is 218 cm³/mol. The Kier molecular flexibility index (Phi) is 6.73. The lowest BCUT2D eigenvalue weighted by atomic mass is 9.67. The van der Waals surface area contributed by atoms with Crippen molar-refractivity contribution >= 4 is 32.7 Å². The fraction of sp³-hybridized carbons (Fsp3) is 0.0200. The minimum Gasteiger partial charge on any atom is -0.456 e. The normalized spacial score (nSPS) is 13.0. The first-order valence-electron chi connectivity index (χ1n) is 18.3. The van der Waals surface area contributed by atoms with Crippen molar-refractivity contribution < 1.29 is 4.42 Å².